The average Bonchev–Trinajstić information content (AvgIpc) is 2.37. The molecule has 18 heavy (non-hydrogen) atoms. The molecule has 2 aliphatic heterocycles. The number of methoxy groups -OCH3 is 1. The summed E-state index contributed by atoms with van der Waals surface area (Å²) in [7, 11) is 1.74. The van der Waals surface area contributed by atoms with Crippen molar-refractivity contribution in [2.75, 3.05) is 33.5 Å². The third-order valence-electron chi connectivity index (χ3n) is 4.67. The molecular formula is C14H27NO3. The SMILES string of the molecule is COCCC(C)(N)C1CCOC2(CCOCC2)C1. The normalized spacial score (nSPS) is 31.2. The summed E-state index contributed by atoms with van der Waals surface area (Å²) in [5, 5.41) is 0. The highest BCUT2D eigenvalue weighted by atomic mass is 16.5. The fourth-order valence-corrected chi connectivity index (χ4v) is 3.21. The second-order valence-corrected chi connectivity index (χ2v) is 6.08. The molecule has 0 bridgehead atoms. The van der Waals surface area contributed by atoms with E-state index in [1.165, 1.54) is 0 Å². The molecule has 1 spiro atoms. The minimum absolute atomic E-state index is 0.0366. The summed E-state index contributed by atoms with van der Waals surface area (Å²) < 4.78 is 16.7. The molecular weight excluding hydrogens is 230 g/mol. The highest BCUT2D eigenvalue weighted by Crippen LogP contribution is 2.41. The third kappa shape index (κ3) is 3.23. The Morgan fingerprint density at radius 1 is 1.33 bits per heavy atom. The molecule has 0 aromatic carbocycles. The van der Waals surface area contributed by atoms with Gasteiger partial charge in [-0.15, -0.1) is 0 Å². The van der Waals surface area contributed by atoms with Gasteiger partial charge in [0, 0.05) is 39.1 Å². The van der Waals surface area contributed by atoms with Crippen LogP contribution in [0.3, 0.4) is 0 Å². The van der Waals surface area contributed by atoms with Crippen LogP contribution in [0.25, 0.3) is 0 Å². The van der Waals surface area contributed by atoms with E-state index in [1.807, 2.05) is 0 Å². The first-order valence-corrected chi connectivity index (χ1v) is 7.08. The van der Waals surface area contributed by atoms with Crippen LogP contribution in [0.15, 0.2) is 0 Å². The van der Waals surface area contributed by atoms with Crippen LogP contribution in [0.2, 0.25) is 0 Å². The number of hydrogen-bond donors (Lipinski definition) is 1. The summed E-state index contributed by atoms with van der Waals surface area (Å²) in [5.41, 5.74) is 6.39. The van der Waals surface area contributed by atoms with Gasteiger partial charge in [0.2, 0.25) is 0 Å². The van der Waals surface area contributed by atoms with Gasteiger partial charge in [-0.2, -0.15) is 0 Å². The van der Waals surface area contributed by atoms with Crippen LogP contribution in [0.5, 0.6) is 0 Å². The van der Waals surface area contributed by atoms with Gasteiger partial charge >= 0.3 is 0 Å². The lowest BCUT2D eigenvalue weighted by Gasteiger charge is -2.47. The van der Waals surface area contributed by atoms with Crippen molar-refractivity contribution >= 4 is 0 Å². The molecule has 0 aromatic rings. The maximum Gasteiger partial charge on any atom is 0.0729 e. The lowest BCUT2D eigenvalue weighted by molar-refractivity contribution is -0.154. The van der Waals surface area contributed by atoms with Crippen LogP contribution in [0.4, 0.5) is 0 Å². The molecule has 2 aliphatic rings. The van der Waals surface area contributed by atoms with E-state index in [2.05, 4.69) is 6.92 Å². The molecule has 4 heteroatoms. The Balaban J connectivity index is 1.96. The van der Waals surface area contributed by atoms with E-state index < -0.39 is 0 Å². The zero-order valence-corrected chi connectivity index (χ0v) is 11.7. The molecule has 2 saturated heterocycles. The maximum absolute atomic E-state index is 6.50. The summed E-state index contributed by atoms with van der Waals surface area (Å²) >= 11 is 0. The van der Waals surface area contributed by atoms with Gasteiger partial charge < -0.3 is 19.9 Å². The molecule has 2 atom stereocenters. The molecule has 2 rings (SSSR count). The molecule has 0 radical (unpaired) electrons. The standard InChI is InChI=1S/C14H27NO3/c1-13(15,4-8-16-2)12-3-7-18-14(11-12)5-9-17-10-6-14/h12H,3-11,15H2,1-2H3. The minimum atomic E-state index is -0.148. The van der Waals surface area contributed by atoms with Gasteiger partial charge in [-0.25, -0.2) is 0 Å². The molecule has 2 N–H and O–H groups in total. The maximum atomic E-state index is 6.50. The summed E-state index contributed by atoms with van der Waals surface area (Å²) in [6, 6.07) is 0. The largest absolute Gasteiger partial charge is 0.385 e. The van der Waals surface area contributed by atoms with Gasteiger partial charge in [0.15, 0.2) is 0 Å². The molecule has 4 nitrogen and oxygen atoms in total. The molecule has 2 heterocycles. The van der Waals surface area contributed by atoms with Crippen LogP contribution in [-0.2, 0) is 14.2 Å². The summed E-state index contributed by atoms with van der Waals surface area (Å²) in [5.74, 6) is 0.527. The Morgan fingerprint density at radius 2 is 2.06 bits per heavy atom. The topological polar surface area (TPSA) is 53.7 Å². The highest BCUT2D eigenvalue weighted by molar-refractivity contribution is 4.96. The van der Waals surface area contributed by atoms with E-state index in [-0.39, 0.29) is 11.1 Å². The van der Waals surface area contributed by atoms with Crippen LogP contribution in [0, 0.1) is 5.92 Å². The summed E-state index contributed by atoms with van der Waals surface area (Å²) in [6.45, 7) is 5.39. The monoisotopic (exact) mass is 257 g/mol. The van der Waals surface area contributed by atoms with E-state index in [0.29, 0.717) is 5.92 Å². The Morgan fingerprint density at radius 3 is 2.72 bits per heavy atom. The van der Waals surface area contributed by atoms with E-state index in [0.717, 1.165) is 58.5 Å². The Hall–Kier alpha value is -0.160. The second kappa shape index (κ2) is 5.87. The van der Waals surface area contributed by atoms with Crippen molar-refractivity contribution < 1.29 is 14.2 Å². The zero-order chi connectivity index (χ0) is 13.1. The smallest absolute Gasteiger partial charge is 0.0729 e. The lowest BCUT2D eigenvalue weighted by Crippen LogP contribution is -2.53. The van der Waals surface area contributed by atoms with Crippen molar-refractivity contribution in [2.45, 2.75) is 50.2 Å². The van der Waals surface area contributed by atoms with Gasteiger partial charge in [0.25, 0.3) is 0 Å². The second-order valence-electron chi connectivity index (χ2n) is 6.08. The van der Waals surface area contributed by atoms with Crippen molar-refractivity contribution in [2.24, 2.45) is 11.7 Å². The molecule has 0 saturated carbocycles. The minimum Gasteiger partial charge on any atom is -0.385 e. The van der Waals surface area contributed by atoms with Crippen LogP contribution in [-0.4, -0.2) is 44.7 Å². The first-order valence-electron chi connectivity index (χ1n) is 7.08. The van der Waals surface area contributed by atoms with Crippen LogP contribution in [0.1, 0.15) is 39.0 Å². The van der Waals surface area contributed by atoms with E-state index in [1.54, 1.807) is 7.11 Å². The Kier molecular flexibility index (Phi) is 4.64. The Bertz CT molecular complexity index is 256. The zero-order valence-electron chi connectivity index (χ0n) is 11.7. The van der Waals surface area contributed by atoms with E-state index >= 15 is 0 Å². The first kappa shape index (κ1) is 14.3. The van der Waals surface area contributed by atoms with Gasteiger partial charge in [-0.3, -0.25) is 0 Å². The van der Waals surface area contributed by atoms with Gasteiger partial charge in [0.05, 0.1) is 5.60 Å². The fourth-order valence-electron chi connectivity index (χ4n) is 3.21. The van der Waals surface area contributed by atoms with Crippen LogP contribution >= 0.6 is 0 Å². The lowest BCUT2D eigenvalue weighted by atomic mass is 9.71. The quantitative estimate of drug-likeness (QED) is 0.833. The van der Waals surface area contributed by atoms with E-state index in [9.17, 15) is 0 Å². The van der Waals surface area contributed by atoms with Crippen molar-refractivity contribution in [1.29, 1.82) is 0 Å². The average molecular weight is 257 g/mol. The molecule has 0 aromatic heterocycles. The van der Waals surface area contributed by atoms with Crippen molar-refractivity contribution in [3.63, 3.8) is 0 Å². The predicted molar refractivity (Wildman–Crippen MR) is 70.5 cm³/mol. The number of nitrogens with two attached hydrogens (primary N) is 1. The predicted octanol–water partition coefficient (Wildman–Crippen LogP) is 1.72. The van der Waals surface area contributed by atoms with Gasteiger partial charge in [0.1, 0.15) is 0 Å². The third-order valence-corrected chi connectivity index (χ3v) is 4.67. The molecule has 0 amide bonds. The number of hydrogen-bond acceptors (Lipinski definition) is 4. The first-order chi connectivity index (χ1) is 8.58. The van der Waals surface area contributed by atoms with E-state index in [4.69, 9.17) is 19.9 Å². The summed E-state index contributed by atoms with van der Waals surface area (Å²) in [4.78, 5) is 0. The van der Waals surface area contributed by atoms with Crippen molar-refractivity contribution in [3.05, 3.63) is 0 Å². The number of ether oxygens (including phenoxy) is 3. The fraction of sp³-hybridized carbons (Fsp3) is 1.00. The molecule has 2 unspecified atom stereocenters. The summed E-state index contributed by atoms with van der Waals surface area (Å²) in [6.07, 6.45) is 5.10. The molecule has 106 valence electrons. The molecule has 2 fully saturated rings. The molecule has 0 aliphatic carbocycles. The highest BCUT2D eigenvalue weighted by Gasteiger charge is 2.43. The van der Waals surface area contributed by atoms with Crippen LogP contribution < -0.4 is 5.73 Å². The van der Waals surface area contributed by atoms with Gasteiger partial charge in [-0.1, -0.05) is 0 Å². The van der Waals surface area contributed by atoms with Gasteiger partial charge in [-0.05, 0) is 44.9 Å². The number of rotatable bonds is 4. The van der Waals surface area contributed by atoms with Crippen molar-refractivity contribution in [3.8, 4) is 0 Å². The van der Waals surface area contributed by atoms with Crippen molar-refractivity contribution in [1.82, 2.24) is 0 Å². The Labute approximate surface area is 110 Å².